The normalized spacial score (nSPS) is 12.1. The maximum atomic E-state index is 12.1. The number of aryl methyl sites for hydroxylation is 1. The van der Waals surface area contributed by atoms with E-state index >= 15 is 0 Å². The van der Waals surface area contributed by atoms with E-state index in [1.807, 2.05) is 6.07 Å². The second kappa shape index (κ2) is 8.39. The summed E-state index contributed by atoms with van der Waals surface area (Å²) in [5, 5.41) is 11.6. The lowest BCUT2D eigenvalue weighted by molar-refractivity contribution is -0.274. The third-order valence-electron chi connectivity index (χ3n) is 3.71. The molecule has 7 heteroatoms. The monoisotopic (exact) mass is 362 g/mol. The topological polar surface area (TPSA) is 62.1 Å². The molecular formula is C19H17F3N2O2. The lowest BCUT2D eigenvalue weighted by Gasteiger charge is -2.15. The van der Waals surface area contributed by atoms with Crippen LogP contribution in [0.25, 0.3) is 0 Å². The summed E-state index contributed by atoms with van der Waals surface area (Å²) in [4.78, 5) is 12.0. The second-order valence-corrected chi connectivity index (χ2v) is 5.71. The molecule has 0 aliphatic carbocycles. The third-order valence-corrected chi connectivity index (χ3v) is 3.71. The van der Waals surface area contributed by atoms with Crippen LogP contribution < -0.4 is 10.1 Å². The van der Waals surface area contributed by atoms with Gasteiger partial charge in [0, 0.05) is 6.42 Å². The first-order valence-electron chi connectivity index (χ1n) is 7.91. The van der Waals surface area contributed by atoms with Crippen LogP contribution in [0.4, 0.5) is 13.2 Å². The molecule has 0 aliphatic heterocycles. The Bertz CT molecular complexity index is 778. The van der Waals surface area contributed by atoms with Gasteiger partial charge >= 0.3 is 6.36 Å². The van der Waals surface area contributed by atoms with E-state index in [1.54, 1.807) is 31.2 Å². The van der Waals surface area contributed by atoms with Crippen molar-refractivity contribution in [3.05, 3.63) is 65.2 Å². The lowest BCUT2D eigenvalue weighted by Crippen LogP contribution is -2.26. The molecule has 0 bridgehead atoms. The minimum atomic E-state index is -4.73. The molecule has 0 saturated heterocycles. The van der Waals surface area contributed by atoms with Crippen molar-refractivity contribution in [2.75, 3.05) is 0 Å². The summed E-state index contributed by atoms with van der Waals surface area (Å²) in [5.41, 5.74) is 2.18. The van der Waals surface area contributed by atoms with E-state index in [1.165, 1.54) is 24.3 Å². The fourth-order valence-electron chi connectivity index (χ4n) is 2.36. The predicted molar refractivity (Wildman–Crippen MR) is 89.2 cm³/mol. The highest BCUT2D eigenvalue weighted by atomic mass is 19.4. The number of nitrogens with one attached hydrogen (secondary N) is 1. The Kier molecular flexibility index (Phi) is 6.23. The molecule has 1 amide bonds. The van der Waals surface area contributed by atoms with Crippen molar-refractivity contribution in [2.45, 2.75) is 32.2 Å². The molecule has 1 atom stereocenters. The lowest BCUT2D eigenvalue weighted by atomic mass is 10.1. The zero-order valence-electron chi connectivity index (χ0n) is 14.0. The maximum absolute atomic E-state index is 12.1. The van der Waals surface area contributed by atoms with Gasteiger partial charge in [0.25, 0.3) is 0 Å². The molecule has 4 nitrogen and oxygen atoms in total. The van der Waals surface area contributed by atoms with Gasteiger partial charge in [0.2, 0.25) is 5.91 Å². The number of alkyl halides is 3. The third kappa shape index (κ3) is 6.13. The van der Waals surface area contributed by atoms with Gasteiger partial charge in [-0.25, -0.2) is 0 Å². The van der Waals surface area contributed by atoms with Crippen molar-refractivity contribution < 1.29 is 22.7 Å². The molecule has 0 spiro atoms. The van der Waals surface area contributed by atoms with Gasteiger partial charge in [-0.1, -0.05) is 24.3 Å². The minimum absolute atomic E-state index is 0.169. The van der Waals surface area contributed by atoms with E-state index in [0.29, 0.717) is 17.5 Å². The quantitative estimate of drug-likeness (QED) is 0.835. The summed E-state index contributed by atoms with van der Waals surface area (Å²) < 4.78 is 40.2. The first kappa shape index (κ1) is 19.3. The Morgan fingerprint density at radius 1 is 1.15 bits per heavy atom. The van der Waals surface area contributed by atoms with Crippen LogP contribution in [0.5, 0.6) is 5.75 Å². The average Bonchev–Trinajstić information content (AvgIpc) is 2.59. The van der Waals surface area contributed by atoms with Crippen LogP contribution in [-0.4, -0.2) is 12.3 Å². The number of nitriles is 1. The van der Waals surface area contributed by atoms with Crippen LogP contribution in [0, 0.1) is 11.3 Å². The molecule has 0 fully saturated rings. The van der Waals surface area contributed by atoms with Crippen molar-refractivity contribution in [3.8, 4) is 11.8 Å². The first-order valence-corrected chi connectivity index (χ1v) is 7.91. The van der Waals surface area contributed by atoms with Gasteiger partial charge in [-0.05, 0) is 48.7 Å². The van der Waals surface area contributed by atoms with Crippen molar-refractivity contribution in [3.63, 3.8) is 0 Å². The van der Waals surface area contributed by atoms with Gasteiger partial charge in [-0.2, -0.15) is 5.26 Å². The van der Waals surface area contributed by atoms with Crippen LogP contribution in [0.15, 0.2) is 48.5 Å². The van der Waals surface area contributed by atoms with Crippen LogP contribution >= 0.6 is 0 Å². The SMILES string of the molecule is C[C@H](NC(=O)CCc1ccc(C#N)cc1)c1ccc(OC(F)(F)F)cc1. The summed E-state index contributed by atoms with van der Waals surface area (Å²) in [6.07, 6.45) is -3.93. The minimum Gasteiger partial charge on any atom is -0.406 e. The number of nitrogens with zero attached hydrogens (tertiary/aromatic N) is 1. The number of rotatable bonds is 6. The highest BCUT2D eigenvalue weighted by molar-refractivity contribution is 5.76. The Balaban J connectivity index is 1.85. The van der Waals surface area contributed by atoms with E-state index in [0.717, 1.165) is 5.56 Å². The fraction of sp³-hybridized carbons (Fsp3) is 0.263. The largest absolute Gasteiger partial charge is 0.573 e. The molecule has 2 rings (SSSR count). The highest BCUT2D eigenvalue weighted by Gasteiger charge is 2.31. The Labute approximate surface area is 149 Å². The van der Waals surface area contributed by atoms with Gasteiger partial charge in [-0.15, -0.1) is 13.2 Å². The molecule has 0 aromatic heterocycles. The zero-order valence-corrected chi connectivity index (χ0v) is 14.0. The summed E-state index contributed by atoms with van der Waals surface area (Å²) in [6, 6.07) is 14.1. The smallest absolute Gasteiger partial charge is 0.406 e. The molecule has 26 heavy (non-hydrogen) atoms. The molecular weight excluding hydrogens is 345 g/mol. The van der Waals surface area contributed by atoms with Crippen molar-refractivity contribution in [1.82, 2.24) is 5.32 Å². The average molecular weight is 362 g/mol. The summed E-state index contributed by atoms with van der Waals surface area (Å²) in [6.45, 7) is 1.75. The Morgan fingerprint density at radius 2 is 1.77 bits per heavy atom. The standard InChI is InChI=1S/C19H17F3N2O2/c1-13(16-7-9-17(10-8-16)26-19(20,21)22)24-18(25)11-6-14-2-4-15(12-23)5-3-14/h2-5,7-10,13H,6,11H2,1H3,(H,24,25)/t13-/m0/s1. The highest BCUT2D eigenvalue weighted by Crippen LogP contribution is 2.24. The number of carbonyl (C=O) groups is 1. The molecule has 0 saturated carbocycles. The molecule has 0 heterocycles. The zero-order chi connectivity index (χ0) is 19.2. The first-order chi connectivity index (χ1) is 12.3. The molecule has 0 aliphatic rings. The summed E-state index contributed by atoms with van der Waals surface area (Å²) >= 11 is 0. The van der Waals surface area contributed by atoms with Gasteiger partial charge in [0.1, 0.15) is 5.75 Å². The van der Waals surface area contributed by atoms with E-state index in [-0.39, 0.29) is 24.1 Å². The number of benzene rings is 2. The van der Waals surface area contributed by atoms with E-state index < -0.39 is 6.36 Å². The maximum Gasteiger partial charge on any atom is 0.573 e. The molecule has 0 radical (unpaired) electrons. The van der Waals surface area contributed by atoms with E-state index in [2.05, 4.69) is 10.1 Å². The van der Waals surface area contributed by atoms with Crippen molar-refractivity contribution >= 4 is 5.91 Å². The predicted octanol–water partition coefficient (Wildman–Crippen LogP) is 4.27. The van der Waals surface area contributed by atoms with Gasteiger partial charge in [0.15, 0.2) is 0 Å². The van der Waals surface area contributed by atoms with Gasteiger partial charge in [0.05, 0.1) is 17.7 Å². The summed E-state index contributed by atoms with van der Waals surface area (Å²) in [5.74, 6) is -0.474. The second-order valence-electron chi connectivity index (χ2n) is 5.71. The number of hydrogen-bond donors (Lipinski definition) is 1. The van der Waals surface area contributed by atoms with Crippen molar-refractivity contribution in [1.29, 1.82) is 5.26 Å². The van der Waals surface area contributed by atoms with Crippen LogP contribution in [0.1, 0.15) is 36.1 Å². The number of hydrogen-bond acceptors (Lipinski definition) is 3. The van der Waals surface area contributed by atoms with E-state index in [4.69, 9.17) is 5.26 Å². The number of carbonyl (C=O) groups excluding carboxylic acids is 1. The molecule has 0 unspecified atom stereocenters. The fourth-order valence-corrected chi connectivity index (χ4v) is 2.36. The van der Waals surface area contributed by atoms with Crippen LogP contribution in [-0.2, 0) is 11.2 Å². The summed E-state index contributed by atoms with van der Waals surface area (Å²) in [7, 11) is 0. The number of halogens is 3. The Hall–Kier alpha value is -3.01. The van der Waals surface area contributed by atoms with Crippen LogP contribution in [0.2, 0.25) is 0 Å². The molecule has 2 aromatic carbocycles. The van der Waals surface area contributed by atoms with E-state index in [9.17, 15) is 18.0 Å². The van der Waals surface area contributed by atoms with Crippen LogP contribution in [0.3, 0.4) is 0 Å². The molecule has 136 valence electrons. The number of ether oxygens (including phenoxy) is 1. The number of amides is 1. The van der Waals surface area contributed by atoms with Gasteiger partial charge < -0.3 is 10.1 Å². The van der Waals surface area contributed by atoms with Crippen molar-refractivity contribution in [2.24, 2.45) is 0 Å². The Morgan fingerprint density at radius 3 is 2.31 bits per heavy atom. The molecule has 2 aromatic rings. The van der Waals surface area contributed by atoms with Gasteiger partial charge in [-0.3, -0.25) is 4.79 Å². The molecule has 1 N–H and O–H groups in total.